The Morgan fingerprint density at radius 2 is 1.65 bits per heavy atom. The molecule has 1 amide bonds. The lowest BCUT2D eigenvalue weighted by Crippen LogP contribution is -2.13. The summed E-state index contributed by atoms with van der Waals surface area (Å²) in [6.45, 7) is 0.378. The Morgan fingerprint density at radius 3 is 2.23 bits per heavy atom. The second kappa shape index (κ2) is 10.7. The van der Waals surface area contributed by atoms with Crippen molar-refractivity contribution in [2.75, 3.05) is 5.32 Å². The van der Waals surface area contributed by atoms with Crippen molar-refractivity contribution in [1.82, 2.24) is 0 Å². The van der Waals surface area contributed by atoms with E-state index in [2.05, 4.69) is 53.1 Å². The summed E-state index contributed by atoms with van der Waals surface area (Å²) in [5.41, 5.74) is 1.94. The SMILES string of the molecule is N#C/C(=C\c1cc(Br)c(OCc2ccc(Br)cc2)c(Br)c1)C(=O)Nc1ccc(F)cc1. The van der Waals surface area contributed by atoms with Gasteiger partial charge in [-0.3, -0.25) is 4.79 Å². The number of halogens is 4. The molecule has 0 aliphatic rings. The van der Waals surface area contributed by atoms with Crippen molar-refractivity contribution < 1.29 is 13.9 Å². The van der Waals surface area contributed by atoms with Gasteiger partial charge in [0.2, 0.25) is 0 Å². The highest BCUT2D eigenvalue weighted by atomic mass is 79.9. The first kappa shape index (κ1) is 23.2. The number of nitriles is 1. The number of benzene rings is 3. The number of hydrogen-bond donors (Lipinski definition) is 1. The van der Waals surface area contributed by atoms with Crippen molar-refractivity contribution in [2.24, 2.45) is 0 Å². The summed E-state index contributed by atoms with van der Waals surface area (Å²) < 4.78 is 21.3. The number of nitrogens with one attached hydrogen (secondary N) is 1. The summed E-state index contributed by atoms with van der Waals surface area (Å²) >= 11 is 10.4. The Hall–Kier alpha value is -2.47. The summed E-state index contributed by atoms with van der Waals surface area (Å²) in [7, 11) is 0. The van der Waals surface area contributed by atoms with Crippen LogP contribution in [0.15, 0.2) is 79.7 Å². The first-order valence-electron chi connectivity index (χ1n) is 8.90. The molecule has 0 saturated carbocycles. The van der Waals surface area contributed by atoms with E-state index >= 15 is 0 Å². The van der Waals surface area contributed by atoms with Gasteiger partial charge in [0.05, 0.1) is 8.95 Å². The fraction of sp³-hybridized carbons (Fsp3) is 0.0435. The minimum absolute atomic E-state index is 0.0911. The maximum atomic E-state index is 13.0. The molecule has 0 unspecified atom stereocenters. The molecular weight excluding hydrogens is 595 g/mol. The molecule has 3 rings (SSSR count). The van der Waals surface area contributed by atoms with E-state index in [0.29, 0.717) is 32.6 Å². The Bertz CT molecular complexity index is 1150. The molecule has 1 N–H and O–H groups in total. The lowest BCUT2D eigenvalue weighted by Gasteiger charge is -2.12. The Labute approximate surface area is 204 Å². The van der Waals surface area contributed by atoms with Gasteiger partial charge in [-0.05, 0) is 97.6 Å². The van der Waals surface area contributed by atoms with E-state index in [4.69, 9.17) is 4.74 Å². The number of ether oxygens (including phenoxy) is 1. The van der Waals surface area contributed by atoms with Crippen LogP contribution in [0.5, 0.6) is 5.75 Å². The lowest BCUT2D eigenvalue weighted by atomic mass is 10.1. The average molecular weight is 609 g/mol. The molecule has 0 heterocycles. The molecule has 0 bridgehead atoms. The molecule has 0 aliphatic carbocycles. The van der Waals surface area contributed by atoms with Crippen LogP contribution in [0.4, 0.5) is 10.1 Å². The quantitative estimate of drug-likeness (QED) is 0.237. The van der Waals surface area contributed by atoms with Gasteiger partial charge in [0.1, 0.15) is 29.8 Å². The molecule has 0 aliphatic heterocycles. The molecule has 8 heteroatoms. The smallest absolute Gasteiger partial charge is 0.266 e. The van der Waals surface area contributed by atoms with E-state index in [0.717, 1.165) is 10.0 Å². The zero-order chi connectivity index (χ0) is 22.4. The van der Waals surface area contributed by atoms with Crippen LogP contribution in [0.25, 0.3) is 6.08 Å². The number of hydrogen-bond acceptors (Lipinski definition) is 3. The highest BCUT2D eigenvalue weighted by Gasteiger charge is 2.13. The van der Waals surface area contributed by atoms with E-state index in [9.17, 15) is 14.4 Å². The van der Waals surface area contributed by atoms with Crippen molar-refractivity contribution in [1.29, 1.82) is 5.26 Å². The summed E-state index contributed by atoms with van der Waals surface area (Å²) in [5, 5.41) is 12.0. The molecule has 0 saturated heterocycles. The van der Waals surface area contributed by atoms with E-state index in [1.807, 2.05) is 30.3 Å². The third-order valence-corrected chi connectivity index (χ3v) is 5.80. The monoisotopic (exact) mass is 606 g/mol. The summed E-state index contributed by atoms with van der Waals surface area (Å²) in [4.78, 5) is 12.4. The van der Waals surface area contributed by atoms with Gasteiger partial charge in [0.15, 0.2) is 0 Å². The third-order valence-electron chi connectivity index (χ3n) is 4.10. The standard InChI is InChI=1S/C23H14Br3FN2O2/c24-17-3-1-14(2-4-17)13-31-22-20(25)10-15(11-21(22)26)9-16(12-28)23(30)29-19-7-5-18(27)6-8-19/h1-11H,13H2,(H,29,30)/b16-9+. The highest BCUT2D eigenvalue weighted by Crippen LogP contribution is 2.36. The van der Waals surface area contributed by atoms with Gasteiger partial charge in [0.25, 0.3) is 5.91 Å². The average Bonchev–Trinajstić information content (AvgIpc) is 2.74. The Balaban J connectivity index is 1.76. The first-order chi connectivity index (χ1) is 14.9. The van der Waals surface area contributed by atoms with Crippen LogP contribution in [0, 0.1) is 17.1 Å². The van der Waals surface area contributed by atoms with Gasteiger partial charge < -0.3 is 10.1 Å². The van der Waals surface area contributed by atoms with E-state index < -0.39 is 11.7 Å². The van der Waals surface area contributed by atoms with Gasteiger partial charge in [-0.2, -0.15) is 5.26 Å². The van der Waals surface area contributed by atoms with Crippen LogP contribution >= 0.6 is 47.8 Å². The van der Waals surface area contributed by atoms with Crippen LogP contribution in [-0.2, 0) is 11.4 Å². The number of carbonyl (C=O) groups is 1. The Kier molecular flexibility index (Phi) is 8.02. The maximum Gasteiger partial charge on any atom is 0.266 e. The molecule has 0 radical (unpaired) electrons. The number of carbonyl (C=O) groups excluding carboxylic acids is 1. The molecule has 0 atom stereocenters. The second-order valence-electron chi connectivity index (χ2n) is 6.36. The summed E-state index contributed by atoms with van der Waals surface area (Å²) in [5.74, 6) is -0.391. The van der Waals surface area contributed by atoms with Crippen molar-refractivity contribution in [3.8, 4) is 11.8 Å². The molecule has 3 aromatic carbocycles. The molecule has 156 valence electrons. The summed E-state index contributed by atoms with van der Waals surface area (Å²) in [6.07, 6.45) is 1.47. The van der Waals surface area contributed by atoms with Gasteiger partial charge in [-0.25, -0.2) is 4.39 Å². The van der Waals surface area contributed by atoms with Crippen LogP contribution < -0.4 is 10.1 Å². The van der Waals surface area contributed by atoms with Crippen LogP contribution in [0.2, 0.25) is 0 Å². The van der Waals surface area contributed by atoms with Crippen molar-refractivity contribution >= 4 is 65.5 Å². The fourth-order valence-corrected chi connectivity index (χ4v) is 4.30. The third kappa shape index (κ3) is 6.50. The first-order valence-corrected chi connectivity index (χ1v) is 11.3. The predicted molar refractivity (Wildman–Crippen MR) is 129 cm³/mol. The molecule has 3 aromatic rings. The maximum absolute atomic E-state index is 13.0. The lowest BCUT2D eigenvalue weighted by molar-refractivity contribution is -0.112. The van der Waals surface area contributed by atoms with E-state index in [1.54, 1.807) is 12.1 Å². The minimum atomic E-state index is -0.586. The zero-order valence-corrected chi connectivity index (χ0v) is 20.6. The summed E-state index contributed by atoms with van der Waals surface area (Å²) in [6, 6.07) is 18.5. The van der Waals surface area contributed by atoms with Crippen molar-refractivity contribution in [3.63, 3.8) is 0 Å². The van der Waals surface area contributed by atoms with Gasteiger partial charge in [0, 0.05) is 10.2 Å². The largest absolute Gasteiger partial charge is 0.487 e. The normalized spacial score (nSPS) is 11.0. The van der Waals surface area contributed by atoms with Crippen molar-refractivity contribution in [3.05, 3.63) is 96.6 Å². The Morgan fingerprint density at radius 1 is 1.03 bits per heavy atom. The molecular formula is C23H14Br3FN2O2. The number of amides is 1. The number of anilines is 1. The molecule has 4 nitrogen and oxygen atoms in total. The zero-order valence-electron chi connectivity index (χ0n) is 15.8. The number of nitrogens with zero attached hydrogens (tertiary/aromatic N) is 1. The highest BCUT2D eigenvalue weighted by molar-refractivity contribution is 9.11. The van der Waals surface area contributed by atoms with Crippen LogP contribution in [0.3, 0.4) is 0 Å². The van der Waals surface area contributed by atoms with Gasteiger partial charge in [-0.1, -0.05) is 28.1 Å². The molecule has 31 heavy (non-hydrogen) atoms. The van der Waals surface area contributed by atoms with E-state index in [-0.39, 0.29) is 5.57 Å². The van der Waals surface area contributed by atoms with Gasteiger partial charge in [-0.15, -0.1) is 0 Å². The van der Waals surface area contributed by atoms with Crippen molar-refractivity contribution in [2.45, 2.75) is 6.61 Å². The predicted octanol–water partition coefficient (Wildman–Crippen LogP) is 7.24. The van der Waals surface area contributed by atoms with Gasteiger partial charge >= 0.3 is 0 Å². The molecule has 0 aromatic heterocycles. The number of rotatable bonds is 6. The molecule has 0 spiro atoms. The van der Waals surface area contributed by atoms with E-state index in [1.165, 1.54) is 30.3 Å². The fourth-order valence-electron chi connectivity index (χ4n) is 2.58. The minimum Gasteiger partial charge on any atom is -0.487 e. The topological polar surface area (TPSA) is 62.1 Å². The van der Waals surface area contributed by atoms with Crippen LogP contribution in [-0.4, -0.2) is 5.91 Å². The second-order valence-corrected chi connectivity index (χ2v) is 8.98. The molecule has 0 fully saturated rings. The van der Waals surface area contributed by atoms with Crippen LogP contribution in [0.1, 0.15) is 11.1 Å².